The molecule has 3 nitrogen and oxygen atoms in total. The molecule has 0 fully saturated rings. The van der Waals surface area contributed by atoms with Crippen LogP contribution in [0, 0.1) is 0 Å². The van der Waals surface area contributed by atoms with E-state index >= 15 is 0 Å². The lowest BCUT2D eigenvalue weighted by atomic mass is 10.2. The second kappa shape index (κ2) is 8.42. The maximum atomic E-state index is 9.83. The zero-order valence-corrected chi connectivity index (χ0v) is 13.5. The molecule has 0 aliphatic heterocycles. The molecule has 0 spiro atoms. The van der Waals surface area contributed by atoms with Gasteiger partial charge in [0.15, 0.2) is 0 Å². The molecule has 108 valence electrons. The van der Waals surface area contributed by atoms with E-state index in [1.54, 1.807) is 11.3 Å². The first-order valence-electron chi connectivity index (χ1n) is 6.52. The average molecular weight is 356 g/mol. The summed E-state index contributed by atoms with van der Waals surface area (Å²) in [7, 11) is 0. The summed E-state index contributed by atoms with van der Waals surface area (Å²) in [4.78, 5) is 0. The van der Waals surface area contributed by atoms with Crippen LogP contribution in [-0.2, 0) is 6.42 Å². The summed E-state index contributed by atoms with van der Waals surface area (Å²) in [6.45, 7) is 1.71. The molecular formula is C15H18BrNO2S. The highest BCUT2D eigenvalue weighted by Crippen LogP contribution is 2.16. The van der Waals surface area contributed by atoms with Crippen molar-refractivity contribution in [3.8, 4) is 5.75 Å². The highest BCUT2D eigenvalue weighted by Gasteiger charge is 2.05. The largest absolute Gasteiger partial charge is 0.491 e. The number of ether oxygens (including phenoxy) is 1. The highest BCUT2D eigenvalue weighted by molar-refractivity contribution is 9.10. The first kappa shape index (κ1) is 15.5. The lowest BCUT2D eigenvalue weighted by Crippen LogP contribution is -2.32. The quantitative estimate of drug-likeness (QED) is 0.715. The average Bonchev–Trinajstić information content (AvgIpc) is 2.96. The van der Waals surface area contributed by atoms with Gasteiger partial charge in [0.25, 0.3) is 0 Å². The standard InChI is InChI=1S/C15H18BrNO2S/c16-13-1-3-15(4-2-13)19-10-14(18)9-17-7-5-12-6-8-20-11-12/h1-4,6,8,11,14,17-18H,5,7,9-10H2. The summed E-state index contributed by atoms with van der Waals surface area (Å²) in [6.07, 6.45) is 0.491. The van der Waals surface area contributed by atoms with Crippen LogP contribution in [0.2, 0.25) is 0 Å². The Bertz CT molecular complexity index is 487. The molecular weight excluding hydrogens is 338 g/mol. The fourth-order valence-corrected chi connectivity index (χ4v) is 2.69. The van der Waals surface area contributed by atoms with E-state index in [1.165, 1.54) is 5.56 Å². The summed E-state index contributed by atoms with van der Waals surface area (Å²) in [6, 6.07) is 9.71. The van der Waals surface area contributed by atoms with Crippen molar-refractivity contribution < 1.29 is 9.84 Å². The fourth-order valence-electron chi connectivity index (χ4n) is 1.72. The molecule has 2 aromatic rings. The predicted molar refractivity (Wildman–Crippen MR) is 86.5 cm³/mol. The van der Waals surface area contributed by atoms with Crippen LogP contribution in [0.1, 0.15) is 5.56 Å². The topological polar surface area (TPSA) is 41.5 Å². The van der Waals surface area contributed by atoms with Crippen LogP contribution in [0.4, 0.5) is 0 Å². The van der Waals surface area contributed by atoms with Crippen molar-refractivity contribution in [1.29, 1.82) is 0 Å². The molecule has 0 aliphatic rings. The lowest BCUT2D eigenvalue weighted by Gasteiger charge is -2.13. The monoisotopic (exact) mass is 355 g/mol. The minimum absolute atomic E-state index is 0.299. The SMILES string of the molecule is OC(CNCCc1ccsc1)COc1ccc(Br)cc1. The number of benzene rings is 1. The second-order valence-corrected chi connectivity index (χ2v) is 6.20. The van der Waals surface area contributed by atoms with Crippen LogP contribution in [0.3, 0.4) is 0 Å². The van der Waals surface area contributed by atoms with Crippen LogP contribution in [0.25, 0.3) is 0 Å². The number of thiophene rings is 1. The molecule has 1 heterocycles. The molecule has 1 unspecified atom stereocenters. The zero-order chi connectivity index (χ0) is 14.2. The fraction of sp³-hybridized carbons (Fsp3) is 0.333. The number of hydrogen-bond acceptors (Lipinski definition) is 4. The third-order valence-electron chi connectivity index (χ3n) is 2.81. The Morgan fingerprint density at radius 1 is 1.25 bits per heavy atom. The third kappa shape index (κ3) is 5.63. The van der Waals surface area contributed by atoms with Gasteiger partial charge in [-0.15, -0.1) is 0 Å². The van der Waals surface area contributed by atoms with Gasteiger partial charge in [0.1, 0.15) is 18.5 Å². The lowest BCUT2D eigenvalue weighted by molar-refractivity contribution is 0.106. The minimum atomic E-state index is -0.499. The van der Waals surface area contributed by atoms with Gasteiger partial charge in [-0.1, -0.05) is 15.9 Å². The molecule has 0 radical (unpaired) electrons. The smallest absolute Gasteiger partial charge is 0.119 e. The van der Waals surface area contributed by atoms with Crippen LogP contribution in [0.15, 0.2) is 45.6 Å². The molecule has 5 heteroatoms. The number of aliphatic hydroxyl groups excluding tert-OH is 1. The van der Waals surface area contributed by atoms with Gasteiger partial charge < -0.3 is 15.2 Å². The van der Waals surface area contributed by atoms with Gasteiger partial charge in [-0.2, -0.15) is 11.3 Å². The molecule has 0 saturated heterocycles. The van der Waals surface area contributed by atoms with Crippen molar-refractivity contribution in [1.82, 2.24) is 5.32 Å². The summed E-state index contributed by atoms with van der Waals surface area (Å²) in [5.41, 5.74) is 1.34. The Morgan fingerprint density at radius 2 is 2.05 bits per heavy atom. The number of nitrogens with one attached hydrogen (secondary N) is 1. The van der Waals surface area contributed by atoms with Crippen LogP contribution >= 0.6 is 27.3 Å². The van der Waals surface area contributed by atoms with E-state index in [-0.39, 0.29) is 0 Å². The first-order chi connectivity index (χ1) is 9.74. The van der Waals surface area contributed by atoms with Gasteiger partial charge >= 0.3 is 0 Å². The third-order valence-corrected chi connectivity index (χ3v) is 4.07. The second-order valence-electron chi connectivity index (χ2n) is 4.50. The van der Waals surface area contributed by atoms with E-state index in [2.05, 4.69) is 38.1 Å². The van der Waals surface area contributed by atoms with Crippen LogP contribution in [-0.4, -0.2) is 30.9 Å². The Morgan fingerprint density at radius 3 is 2.75 bits per heavy atom. The molecule has 2 rings (SSSR count). The summed E-state index contributed by atoms with van der Waals surface area (Å²) in [5, 5.41) is 17.3. The minimum Gasteiger partial charge on any atom is -0.491 e. The van der Waals surface area contributed by atoms with E-state index < -0.39 is 6.10 Å². The van der Waals surface area contributed by atoms with Crippen molar-refractivity contribution in [3.63, 3.8) is 0 Å². The Balaban J connectivity index is 1.58. The van der Waals surface area contributed by atoms with Gasteiger partial charge in [0.05, 0.1) is 0 Å². The van der Waals surface area contributed by atoms with E-state index in [0.717, 1.165) is 23.2 Å². The van der Waals surface area contributed by atoms with Crippen molar-refractivity contribution in [2.75, 3.05) is 19.7 Å². The molecule has 0 amide bonds. The predicted octanol–water partition coefficient (Wildman–Crippen LogP) is 3.08. The molecule has 20 heavy (non-hydrogen) atoms. The van der Waals surface area contributed by atoms with E-state index in [9.17, 15) is 5.11 Å². The maximum absolute atomic E-state index is 9.83. The van der Waals surface area contributed by atoms with Crippen molar-refractivity contribution in [2.45, 2.75) is 12.5 Å². The van der Waals surface area contributed by atoms with Gasteiger partial charge in [-0.05, 0) is 59.6 Å². The molecule has 1 aromatic heterocycles. The summed E-state index contributed by atoms with van der Waals surface area (Å²) >= 11 is 5.08. The highest BCUT2D eigenvalue weighted by atomic mass is 79.9. The molecule has 0 aliphatic carbocycles. The maximum Gasteiger partial charge on any atom is 0.119 e. The van der Waals surface area contributed by atoms with Gasteiger partial charge in [-0.25, -0.2) is 0 Å². The Kier molecular flexibility index (Phi) is 6.53. The summed E-state index contributed by atoms with van der Waals surface area (Å²) < 4.78 is 6.53. The number of hydrogen-bond donors (Lipinski definition) is 2. The number of aliphatic hydroxyl groups is 1. The van der Waals surface area contributed by atoms with Crippen molar-refractivity contribution >= 4 is 27.3 Å². The molecule has 0 bridgehead atoms. The normalized spacial score (nSPS) is 12.3. The van der Waals surface area contributed by atoms with E-state index in [0.29, 0.717) is 13.2 Å². The zero-order valence-electron chi connectivity index (χ0n) is 11.1. The Labute approximate surface area is 131 Å². The van der Waals surface area contributed by atoms with Crippen molar-refractivity contribution in [2.24, 2.45) is 0 Å². The molecule has 0 saturated carbocycles. The van der Waals surface area contributed by atoms with Crippen molar-refractivity contribution in [3.05, 3.63) is 51.1 Å². The van der Waals surface area contributed by atoms with Crippen LogP contribution < -0.4 is 10.1 Å². The summed E-state index contributed by atoms with van der Waals surface area (Å²) in [5.74, 6) is 0.769. The van der Waals surface area contributed by atoms with Gasteiger partial charge in [-0.3, -0.25) is 0 Å². The van der Waals surface area contributed by atoms with Gasteiger partial charge in [0.2, 0.25) is 0 Å². The van der Waals surface area contributed by atoms with E-state index in [4.69, 9.17) is 4.74 Å². The molecule has 2 N–H and O–H groups in total. The first-order valence-corrected chi connectivity index (χ1v) is 8.26. The number of halogens is 1. The Hall–Kier alpha value is -0.880. The van der Waals surface area contributed by atoms with Crippen LogP contribution in [0.5, 0.6) is 5.75 Å². The number of rotatable bonds is 8. The molecule has 1 aromatic carbocycles. The van der Waals surface area contributed by atoms with E-state index in [1.807, 2.05) is 24.3 Å². The van der Waals surface area contributed by atoms with Gasteiger partial charge in [0, 0.05) is 11.0 Å². The molecule has 1 atom stereocenters.